The molecule has 1 atom stereocenters. The van der Waals surface area contributed by atoms with Gasteiger partial charge in [-0.05, 0) is 73.5 Å². The van der Waals surface area contributed by atoms with Gasteiger partial charge in [-0.1, -0.05) is 12.1 Å². The van der Waals surface area contributed by atoms with Crippen molar-refractivity contribution in [1.82, 2.24) is 9.38 Å². The van der Waals surface area contributed by atoms with Gasteiger partial charge in [-0.3, -0.25) is 9.20 Å². The van der Waals surface area contributed by atoms with Gasteiger partial charge in [0.1, 0.15) is 34.8 Å². The van der Waals surface area contributed by atoms with Crippen LogP contribution < -0.4 is 10.1 Å². The number of fused-ring (bicyclic) bond motifs is 1. The molecule has 2 aromatic carbocycles. The first-order valence-corrected chi connectivity index (χ1v) is 10.2. The summed E-state index contributed by atoms with van der Waals surface area (Å²) in [7, 11) is 1.60. The van der Waals surface area contributed by atoms with Crippen LogP contribution in [0, 0.1) is 12.7 Å². The van der Waals surface area contributed by atoms with Crippen molar-refractivity contribution in [2.45, 2.75) is 26.6 Å². The molecule has 0 saturated carbocycles. The molecule has 32 heavy (non-hydrogen) atoms. The third-order valence-electron chi connectivity index (χ3n) is 5.14. The molecule has 4 aromatic rings. The van der Waals surface area contributed by atoms with Gasteiger partial charge in [-0.2, -0.15) is 0 Å². The van der Waals surface area contributed by atoms with Crippen LogP contribution >= 0.6 is 0 Å². The summed E-state index contributed by atoms with van der Waals surface area (Å²) in [5.41, 5.74) is 3.89. The van der Waals surface area contributed by atoms with Crippen LogP contribution in [0.5, 0.6) is 5.75 Å². The van der Waals surface area contributed by atoms with E-state index in [2.05, 4.69) is 10.3 Å². The lowest BCUT2D eigenvalue weighted by molar-refractivity contribution is -0.127. The quantitative estimate of drug-likeness (QED) is 0.445. The maximum absolute atomic E-state index is 13.4. The minimum Gasteiger partial charge on any atom is -0.497 e. The molecule has 1 amide bonds. The lowest BCUT2D eigenvalue weighted by atomic mass is 10.1. The smallest absolute Gasteiger partial charge is 0.254 e. The Hall–Kier alpha value is -3.71. The normalized spacial score (nSPS) is 12.0. The Bertz CT molecular complexity index is 1250. The van der Waals surface area contributed by atoms with E-state index in [4.69, 9.17) is 9.47 Å². The van der Waals surface area contributed by atoms with Crippen LogP contribution in [0.1, 0.15) is 18.1 Å². The van der Waals surface area contributed by atoms with E-state index in [-0.39, 0.29) is 18.3 Å². The number of benzene rings is 2. The summed E-state index contributed by atoms with van der Waals surface area (Å²) in [5, 5.41) is 2.94. The first-order chi connectivity index (χ1) is 15.4. The third kappa shape index (κ3) is 4.63. The Morgan fingerprint density at radius 2 is 1.94 bits per heavy atom. The van der Waals surface area contributed by atoms with Crippen molar-refractivity contribution in [2.24, 2.45) is 0 Å². The molecule has 164 valence electrons. The van der Waals surface area contributed by atoms with Crippen molar-refractivity contribution in [1.29, 1.82) is 0 Å². The molecule has 1 unspecified atom stereocenters. The first-order valence-electron chi connectivity index (χ1n) is 10.2. The van der Waals surface area contributed by atoms with Gasteiger partial charge in [0.05, 0.1) is 13.7 Å². The highest BCUT2D eigenvalue weighted by Crippen LogP contribution is 2.29. The second-order valence-corrected chi connectivity index (χ2v) is 7.54. The summed E-state index contributed by atoms with van der Waals surface area (Å²) in [4.78, 5) is 17.6. The lowest BCUT2D eigenvalue weighted by Gasteiger charge is -2.15. The zero-order valence-electron chi connectivity index (χ0n) is 18.1. The maximum Gasteiger partial charge on any atom is 0.254 e. The number of aromatic nitrogens is 2. The molecule has 6 nitrogen and oxygen atoms in total. The van der Waals surface area contributed by atoms with Crippen LogP contribution in [0.4, 0.5) is 10.2 Å². The van der Waals surface area contributed by atoms with Crippen LogP contribution in [0.15, 0.2) is 66.9 Å². The molecular formula is C25H24FN3O3. The average molecular weight is 433 g/mol. The van der Waals surface area contributed by atoms with E-state index >= 15 is 0 Å². The minimum atomic E-state index is -0.710. The molecule has 0 spiro atoms. The van der Waals surface area contributed by atoms with Crippen LogP contribution in [0.3, 0.4) is 0 Å². The van der Waals surface area contributed by atoms with Crippen molar-refractivity contribution in [3.63, 3.8) is 0 Å². The van der Waals surface area contributed by atoms with Crippen molar-refractivity contribution in [2.75, 3.05) is 12.4 Å². The number of nitrogens with one attached hydrogen (secondary N) is 1. The van der Waals surface area contributed by atoms with E-state index in [0.29, 0.717) is 22.7 Å². The van der Waals surface area contributed by atoms with E-state index in [1.54, 1.807) is 30.6 Å². The van der Waals surface area contributed by atoms with Crippen LogP contribution in [-0.4, -0.2) is 28.5 Å². The summed E-state index contributed by atoms with van der Waals surface area (Å²) in [5.74, 6) is 0.596. The monoisotopic (exact) mass is 433 g/mol. The number of methoxy groups -OCH3 is 1. The minimum absolute atomic E-state index is 0.267. The van der Waals surface area contributed by atoms with Gasteiger partial charge in [-0.15, -0.1) is 0 Å². The highest BCUT2D eigenvalue weighted by atomic mass is 19.1. The standard InChI is InChI=1S/C25H24FN3O3/c1-16-11-12-29-22(13-16)27-23(19-7-9-20(26)10-8-19)24(29)28-25(30)17(2)32-15-18-5-4-6-21(14-18)31-3/h4-14,17H,15H2,1-3H3,(H,28,30). The Labute approximate surface area is 185 Å². The number of aryl methyl sites for hydroxylation is 1. The van der Waals surface area contributed by atoms with Crippen molar-refractivity contribution in [3.8, 4) is 17.0 Å². The number of imidazole rings is 1. The number of nitrogens with zero attached hydrogens (tertiary/aromatic N) is 2. The fraction of sp³-hybridized carbons (Fsp3) is 0.200. The van der Waals surface area contributed by atoms with Gasteiger partial charge in [-0.25, -0.2) is 9.37 Å². The highest BCUT2D eigenvalue weighted by molar-refractivity contribution is 5.97. The summed E-state index contributed by atoms with van der Waals surface area (Å²) < 4.78 is 26.2. The largest absolute Gasteiger partial charge is 0.497 e. The molecule has 2 aromatic heterocycles. The molecule has 0 aliphatic heterocycles. The second-order valence-electron chi connectivity index (χ2n) is 7.54. The maximum atomic E-state index is 13.4. The van der Waals surface area contributed by atoms with Crippen molar-refractivity contribution >= 4 is 17.4 Å². The summed E-state index contributed by atoms with van der Waals surface area (Å²) >= 11 is 0. The van der Waals surface area contributed by atoms with Crippen LogP contribution in [-0.2, 0) is 16.1 Å². The molecule has 4 rings (SSSR count). The first kappa shape index (κ1) is 21.5. The fourth-order valence-electron chi connectivity index (χ4n) is 3.35. The van der Waals surface area contributed by atoms with Gasteiger partial charge < -0.3 is 14.8 Å². The molecule has 0 saturated heterocycles. The molecule has 0 bridgehead atoms. The van der Waals surface area contributed by atoms with Crippen LogP contribution in [0.2, 0.25) is 0 Å². The summed E-state index contributed by atoms with van der Waals surface area (Å²) in [6, 6.07) is 17.4. The van der Waals surface area contributed by atoms with E-state index in [9.17, 15) is 9.18 Å². The van der Waals surface area contributed by atoms with Crippen molar-refractivity contribution < 1.29 is 18.7 Å². The van der Waals surface area contributed by atoms with Gasteiger partial charge in [0, 0.05) is 11.8 Å². The predicted octanol–water partition coefficient (Wildman–Crippen LogP) is 5.00. The van der Waals surface area contributed by atoms with Crippen LogP contribution in [0.25, 0.3) is 16.9 Å². The molecule has 0 aliphatic carbocycles. The highest BCUT2D eigenvalue weighted by Gasteiger charge is 2.20. The van der Waals surface area contributed by atoms with E-state index in [1.165, 1.54) is 12.1 Å². The molecular weight excluding hydrogens is 409 g/mol. The number of amides is 1. The molecule has 7 heteroatoms. The molecule has 0 radical (unpaired) electrons. The molecule has 0 fully saturated rings. The number of hydrogen-bond acceptors (Lipinski definition) is 4. The number of carbonyl (C=O) groups excluding carboxylic acids is 1. The van der Waals surface area contributed by atoms with Gasteiger partial charge >= 0.3 is 0 Å². The van der Waals surface area contributed by atoms with E-state index < -0.39 is 6.10 Å². The zero-order valence-corrected chi connectivity index (χ0v) is 18.1. The molecule has 2 heterocycles. The number of pyridine rings is 1. The Morgan fingerprint density at radius 3 is 2.69 bits per heavy atom. The van der Waals surface area contributed by atoms with E-state index in [0.717, 1.165) is 16.9 Å². The Morgan fingerprint density at radius 1 is 1.16 bits per heavy atom. The van der Waals surface area contributed by atoms with E-state index in [1.807, 2.05) is 49.5 Å². The van der Waals surface area contributed by atoms with Crippen molar-refractivity contribution in [3.05, 3.63) is 83.8 Å². The topological polar surface area (TPSA) is 64.9 Å². The lowest BCUT2D eigenvalue weighted by Crippen LogP contribution is -2.28. The number of anilines is 1. The number of carbonyl (C=O) groups is 1. The Balaban J connectivity index is 1.57. The predicted molar refractivity (Wildman–Crippen MR) is 121 cm³/mol. The number of rotatable bonds is 7. The number of ether oxygens (including phenoxy) is 2. The third-order valence-corrected chi connectivity index (χ3v) is 5.14. The summed E-state index contributed by atoms with van der Waals surface area (Å²) in [6.45, 7) is 3.93. The molecule has 0 aliphatic rings. The average Bonchev–Trinajstić information content (AvgIpc) is 3.15. The Kier molecular flexibility index (Phi) is 6.18. The van der Waals surface area contributed by atoms with Gasteiger partial charge in [0.25, 0.3) is 5.91 Å². The number of halogens is 1. The SMILES string of the molecule is COc1cccc(COC(C)C(=O)Nc2c(-c3ccc(F)cc3)nc3cc(C)ccn23)c1. The number of hydrogen-bond donors (Lipinski definition) is 1. The molecule has 1 N–H and O–H groups in total. The fourth-order valence-corrected chi connectivity index (χ4v) is 3.35. The zero-order chi connectivity index (χ0) is 22.7. The van der Waals surface area contributed by atoms with Gasteiger partial charge in [0.15, 0.2) is 0 Å². The van der Waals surface area contributed by atoms with Gasteiger partial charge in [0.2, 0.25) is 0 Å². The second kappa shape index (κ2) is 9.20. The summed E-state index contributed by atoms with van der Waals surface area (Å²) in [6.07, 6.45) is 1.14.